The molecule has 0 aliphatic carbocycles. The van der Waals surface area contributed by atoms with E-state index in [1.807, 2.05) is 48.6 Å². The first-order valence-corrected chi connectivity index (χ1v) is 14.8. The van der Waals surface area contributed by atoms with Gasteiger partial charge in [-0.2, -0.15) is 0 Å². The van der Waals surface area contributed by atoms with Gasteiger partial charge in [0.15, 0.2) is 17.2 Å². The van der Waals surface area contributed by atoms with Crippen LogP contribution in [-0.4, -0.2) is 67.2 Å². The molecular formula is C39H36O13. The molecule has 6 aromatic rings. The molecule has 0 saturated carbocycles. The second-order valence-corrected chi connectivity index (χ2v) is 10.3. The zero-order chi connectivity index (χ0) is 38.6. The van der Waals surface area contributed by atoms with Crippen molar-refractivity contribution < 1.29 is 66.1 Å². The summed E-state index contributed by atoms with van der Waals surface area (Å²) in [5, 5.41) is 106. The molecule has 0 aliphatic heterocycles. The van der Waals surface area contributed by atoms with Crippen molar-refractivity contribution in [2.75, 3.05) is 0 Å². The molecule has 0 radical (unpaired) electrons. The molecular weight excluding hydrogens is 676 g/mol. The van der Waals surface area contributed by atoms with Gasteiger partial charge < -0.3 is 61.3 Å². The van der Waals surface area contributed by atoms with Crippen LogP contribution in [0.4, 0.5) is 0 Å². The van der Waals surface area contributed by atoms with Crippen molar-refractivity contribution in [3.05, 3.63) is 150 Å². The quantitative estimate of drug-likeness (QED) is 0.0648. The number of hydrogen-bond donors (Lipinski definition) is 12. The van der Waals surface area contributed by atoms with Gasteiger partial charge in [0.25, 0.3) is 0 Å². The monoisotopic (exact) mass is 712 g/mol. The number of rotatable bonds is 3. The van der Waals surface area contributed by atoms with E-state index in [0.29, 0.717) is 5.75 Å². The Morgan fingerprint density at radius 2 is 0.712 bits per heavy atom. The van der Waals surface area contributed by atoms with Gasteiger partial charge in [0.05, 0.1) is 5.56 Å². The number of aromatic carboxylic acids is 1. The molecule has 52 heavy (non-hydrogen) atoms. The normalized spacial score (nSPS) is 9.69. The van der Waals surface area contributed by atoms with Gasteiger partial charge in [-0.3, -0.25) is 0 Å². The molecule has 0 saturated heterocycles. The van der Waals surface area contributed by atoms with E-state index in [2.05, 4.69) is 0 Å². The molecule has 12 N–H and O–H groups in total. The summed E-state index contributed by atoms with van der Waals surface area (Å²) in [5.74, 6) is -3.15. The Balaban J connectivity index is 0.000000233. The standard InChI is InChI=1S/C14H12O2.C7H6O5.C6H6O3.C6H6O2.C6H6O/c15-13-8-12(9-14(16)10-13)7-6-11-4-2-1-3-5-11;8-4-1-3(7(11)12)2-5(9)6(4)10;7-4-1-5(8)3-6(9)2-4;7-5-2-1-3-6(8)4-5;7-6-4-2-1-3-5-6/h1-10,15-16H;1-2,8-10H,(H,11,12);1-3,7-9H;1-4,7-8H;1-5,7H/b7-6+;;;;. The van der Waals surface area contributed by atoms with Crippen molar-refractivity contribution >= 4 is 18.1 Å². The number of carboxylic acids is 1. The summed E-state index contributed by atoms with van der Waals surface area (Å²) in [4.78, 5) is 10.3. The molecule has 0 aliphatic rings. The van der Waals surface area contributed by atoms with E-state index in [1.165, 1.54) is 24.3 Å². The molecule has 6 rings (SSSR count). The van der Waals surface area contributed by atoms with E-state index in [4.69, 9.17) is 51.1 Å². The molecule has 0 atom stereocenters. The molecule has 0 heterocycles. The highest BCUT2D eigenvalue weighted by molar-refractivity contribution is 5.89. The zero-order valence-corrected chi connectivity index (χ0v) is 27.1. The molecule has 0 fully saturated rings. The molecule has 0 unspecified atom stereocenters. The lowest BCUT2D eigenvalue weighted by molar-refractivity contribution is 0.0695. The van der Waals surface area contributed by atoms with Crippen LogP contribution in [0.3, 0.4) is 0 Å². The largest absolute Gasteiger partial charge is 0.508 e. The van der Waals surface area contributed by atoms with Gasteiger partial charge in [-0.1, -0.05) is 66.7 Å². The van der Waals surface area contributed by atoms with E-state index in [9.17, 15) is 15.0 Å². The summed E-state index contributed by atoms with van der Waals surface area (Å²) >= 11 is 0. The number of phenols is 11. The van der Waals surface area contributed by atoms with Crippen molar-refractivity contribution in [3.8, 4) is 63.2 Å². The average molecular weight is 713 g/mol. The predicted octanol–water partition coefficient (Wildman–Crippen LogP) is 7.06. The Morgan fingerprint density at radius 3 is 1.06 bits per heavy atom. The van der Waals surface area contributed by atoms with E-state index >= 15 is 0 Å². The first-order chi connectivity index (χ1) is 24.6. The van der Waals surface area contributed by atoms with Crippen LogP contribution in [0.25, 0.3) is 12.2 Å². The van der Waals surface area contributed by atoms with E-state index in [-0.39, 0.29) is 45.8 Å². The first kappa shape index (κ1) is 40.5. The van der Waals surface area contributed by atoms with Crippen LogP contribution < -0.4 is 0 Å². The molecule has 6 aromatic carbocycles. The second-order valence-electron chi connectivity index (χ2n) is 10.3. The number of phenolic OH excluding ortho intramolecular Hbond substituents is 11. The fourth-order valence-electron chi connectivity index (χ4n) is 3.70. The highest BCUT2D eigenvalue weighted by Crippen LogP contribution is 2.35. The third kappa shape index (κ3) is 16.0. The lowest BCUT2D eigenvalue weighted by atomic mass is 10.1. The van der Waals surface area contributed by atoms with Crippen molar-refractivity contribution in [3.63, 3.8) is 0 Å². The molecule has 0 amide bonds. The minimum absolute atomic E-state index is 0.0627. The minimum atomic E-state index is -1.29. The zero-order valence-electron chi connectivity index (χ0n) is 27.1. The van der Waals surface area contributed by atoms with Gasteiger partial charge in [-0.05, 0) is 59.7 Å². The van der Waals surface area contributed by atoms with Gasteiger partial charge in [0.2, 0.25) is 0 Å². The maximum Gasteiger partial charge on any atom is 0.335 e. The Kier molecular flexibility index (Phi) is 16.1. The number of carbonyl (C=O) groups is 1. The second kappa shape index (κ2) is 20.6. The van der Waals surface area contributed by atoms with Crippen molar-refractivity contribution in [1.82, 2.24) is 0 Å². The summed E-state index contributed by atoms with van der Waals surface area (Å²) < 4.78 is 0. The molecule has 13 heteroatoms. The SMILES string of the molecule is O=C(O)c1cc(O)c(O)c(O)c1.Oc1cc(O)cc(/C=C/c2ccccc2)c1.Oc1cc(O)cc(O)c1.Oc1cccc(O)c1.Oc1ccccc1. The van der Waals surface area contributed by atoms with E-state index in [1.54, 1.807) is 42.5 Å². The summed E-state index contributed by atoms with van der Waals surface area (Å²) in [6.45, 7) is 0. The highest BCUT2D eigenvalue weighted by Gasteiger charge is 2.11. The van der Waals surface area contributed by atoms with E-state index in [0.717, 1.165) is 41.5 Å². The first-order valence-electron chi connectivity index (χ1n) is 14.8. The van der Waals surface area contributed by atoms with Gasteiger partial charge in [0.1, 0.15) is 46.0 Å². The summed E-state index contributed by atoms with van der Waals surface area (Å²) in [6.07, 6.45) is 3.77. The molecule has 0 aromatic heterocycles. The van der Waals surface area contributed by atoms with Crippen LogP contribution >= 0.6 is 0 Å². The summed E-state index contributed by atoms with van der Waals surface area (Å²) in [5.41, 5.74) is 1.55. The Hall–Kier alpha value is -7.67. The molecule has 270 valence electrons. The topological polar surface area (TPSA) is 260 Å². The Bertz CT molecular complexity index is 1920. The van der Waals surface area contributed by atoms with Crippen molar-refractivity contribution in [2.45, 2.75) is 0 Å². The van der Waals surface area contributed by atoms with Crippen LogP contribution in [0.1, 0.15) is 21.5 Å². The Morgan fingerprint density at radius 1 is 0.365 bits per heavy atom. The average Bonchev–Trinajstić information content (AvgIpc) is 3.07. The Labute approximate surface area is 297 Å². The highest BCUT2D eigenvalue weighted by atomic mass is 16.4. The maximum absolute atomic E-state index is 10.3. The van der Waals surface area contributed by atoms with Gasteiger partial charge in [-0.25, -0.2) is 4.79 Å². The third-order valence-corrected chi connectivity index (χ3v) is 5.98. The summed E-state index contributed by atoms with van der Waals surface area (Å²) in [7, 11) is 0. The summed E-state index contributed by atoms with van der Waals surface area (Å²) in [6, 6.07) is 34.0. The third-order valence-electron chi connectivity index (χ3n) is 5.98. The predicted molar refractivity (Wildman–Crippen MR) is 193 cm³/mol. The van der Waals surface area contributed by atoms with Crippen LogP contribution in [0.5, 0.6) is 63.2 Å². The lowest BCUT2D eigenvalue weighted by Crippen LogP contribution is -1.95. The van der Waals surface area contributed by atoms with Crippen LogP contribution in [0, 0.1) is 0 Å². The number of aromatic hydroxyl groups is 11. The van der Waals surface area contributed by atoms with Crippen LogP contribution in [0.2, 0.25) is 0 Å². The smallest absolute Gasteiger partial charge is 0.335 e. The number of hydrogen-bond acceptors (Lipinski definition) is 12. The number of carboxylic acid groups (broad SMARTS) is 1. The maximum atomic E-state index is 10.3. The van der Waals surface area contributed by atoms with Gasteiger partial charge in [-0.15, -0.1) is 0 Å². The number of benzene rings is 6. The lowest BCUT2D eigenvalue weighted by Gasteiger charge is -2.01. The molecule has 0 spiro atoms. The van der Waals surface area contributed by atoms with Crippen molar-refractivity contribution in [2.24, 2.45) is 0 Å². The van der Waals surface area contributed by atoms with Gasteiger partial charge >= 0.3 is 5.97 Å². The fourth-order valence-corrected chi connectivity index (χ4v) is 3.70. The van der Waals surface area contributed by atoms with Crippen LogP contribution in [0.15, 0.2) is 133 Å². The number of para-hydroxylation sites is 1. The van der Waals surface area contributed by atoms with Crippen LogP contribution in [-0.2, 0) is 0 Å². The minimum Gasteiger partial charge on any atom is -0.508 e. The van der Waals surface area contributed by atoms with E-state index < -0.39 is 23.2 Å². The fraction of sp³-hybridized carbons (Fsp3) is 0. The van der Waals surface area contributed by atoms with Gasteiger partial charge in [0, 0.05) is 30.3 Å². The molecule has 13 nitrogen and oxygen atoms in total. The van der Waals surface area contributed by atoms with Crippen molar-refractivity contribution in [1.29, 1.82) is 0 Å². The molecule has 0 bridgehead atoms.